The number of hydrogen-bond donors (Lipinski definition) is 0. The molecule has 3 aromatic heterocycles. The minimum atomic E-state index is 0.164. The van der Waals surface area contributed by atoms with Crippen LogP contribution in [0.15, 0.2) is 41.8 Å². The Labute approximate surface area is 155 Å². The van der Waals surface area contributed by atoms with E-state index < -0.39 is 0 Å². The summed E-state index contributed by atoms with van der Waals surface area (Å²) < 4.78 is 1.70. The van der Waals surface area contributed by atoms with E-state index in [1.165, 1.54) is 24.6 Å². The molecule has 1 aliphatic rings. The molecule has 0 spiro atoms. The topological polar surface area (TPSA) is 76.3 Å². The lowest BCUT2D eigenvalue weighted by Gasteiger charge is -2.19. The van der Waals surface area contributed by atoms with E-state index in [1.54, 1.807) is 16.9 Å². The second kappa shape index (κ2) is 7.82. The quantitative estimate of drug-likeness (QED) is 0.659. The highest BCUT2D eigenvalue weighted by molar-refractivity contribution is 7.99. The molecule has 3 aromatic rings. The highest BCUT2D eigenvalue weighted by Gasteiger charge is 2.17. The van der Waals surface area contributed by atoms with Gasteiger partial charge in [-0.15, -0.1) is 10.2 Å². The predicted molar refractivity (Wildman–Crippen MR) is 99.8 cm³/mol. The van der Waals surface area contributed by atoms with E-state index in [2.05, 4.69) is 20.3 Å². The zero-order chi connectivity index (χ0) is 17.8. The van der Waals surface area contributed by atoms with Crippen molar-refractivity contribution in [1.82, 2.24) is 29.7 Å². The maximum absolute atomic E-state index is 12.5. The van der Waals surface area contributed by atoms with Gasteiger partial charge in [-0.2, -0.15) is 9.61 Å². The fraction of sp³-hybridized carbons (Fsp3) is 0.389. The highest BCUT2D eigenvalue weighted by Crippen LogP contribution is 2.21. The molecule has 134 valence electrons. The number of thioether (sulfide) groups is 1. The monoisotopic (exact) mass is 368 g/mol. The van der Waals surface area contributed by atoms with Gasteiger partial charge in [-0.3, -0.25) is 9.78 Å². The first kappa shape index (κ1) is 17.0. The van der Waals surface area contributed by atoms with Gasteiger partial charge in [0, 0.05) is 31.0 Å². The van der Waals surface area contributed by atoms with Crippen molar-refractivity contribution in [3.63, 3.8) is 0 Å². The van der Waals surface area contributed by atoms with Crippen molar-refractivity contribution in [1.29, 1.82) is 0 Å². The van der Waals surface area contributed by atoms with Crippen molar-refractivity contribution >= 4 is 23.3 Å². The molecular formula is C18H20N6OS. The molecule has 1 saturated heterocycles. The summed E-state index contributed by atoms with van der Waals surface area (Å²) in [5.41, 5.74) is 2.40. The number of rotatable bonds is 4. The predicted octanol–water partition coefficient (Wildman–Crippen LogP) is 2.68. The summed E-state index contributed by atoms with van der Waals surface area (Å²) in [5, 5.41) is 13.6. The Bertz CT molecular complexity index is 889. The molecule has 4 heterocycles. The first-order valence-corrected chi connectivity index (χ1v) is 9.83. The Morgan fingerprint density at radius 2 is 1.92 bits per heavy atom. The zero-order valence-electron chi connectivity index (χ0n) is 14.4. The van der Waals surface area contributed by atoms with Crippen LogP contribution in [0.5, 0.6) is 0 Å². The lowest BCUT2D eigenvalue weighted by atomic mass is 10.2. The van der Waals surface area contributed by atoms with Crippen molar-refractivity contribution in [3.05, 3.63) is 36.7 Å². The van der Waals surface area contributed by atoms with Crippen LogP contribution in [0, 0.1) is 0 Å². The van der Waals surface area contributed by atoms with Crippen molar-refractivity contribution in [2.45, 2.75) is 30.8 Å². The normalized spacial score (nSPS) is 15.2. The maximum atomic E-state index is 12.5. The van der Waals surface area contributed by atoms with E-state index in [4.69, 9.17) is 0 Å². The molecule has 0 aliphatic carbocycles. The van der Waals surface area contributed by atoms with Gasteiger partial charge in [-0.05, 0) is 37.1 Å². The molecule has 8 heteroatoms. The molecule has 1 fully saturated rings. The Kier molecular flexibility index (Phi) is 5.10. The molecule has 26 heavy (non-hydrogen) atoms. The third-order valence-corrected chi connectivity index (χ3v) is 5.38. The van der Waals surface area contributed by atoms with Crippen LogP contribution < -0.4 is 0 Å². The van der Waals surface area contributed by atoms with Crippen LogP contribution in [-0.4, -0.2) is 54.4 Å². The average Bonchev–Trinajstić information content (AvgIpc) is 2.90. The number of nitrogens with zero attached hydrogens (tertiary/aromatic N) is 6. The summed E-state index contributed by atoms with van der Waals surface area (Å²) in [6.45, 7) is 1.73. The van der Waals surface area contributed by atoms with E-state index in [1.807, 2.05) is 29.2 Å². The Hall–Kier alpha value is -2.48. The average molecular weight is 368 g/mol. The maximum Gasteiger partial charge on any atom is 0.233 e. The zero-order valence-corrected chi connectivity index (χ0v) is 15.2. The van der Waals surface area contributed by atoms with Crippen LogP contribution in [0.3, 0.4) is 0 Å². The van der Waals surface area contributed by atoms with E-state index in [9.17, 15) is 4.79 Å². The third-order valence-electron chi connectivity index (χ3n) is 4.48. The molecule has 0 aromatic carbocycles. The van der Waals surface area contributed by atoms with E-state index >= 15 is 0 Å². The first-order valence-electron chi connectivity index (χ1n) is 8.85. The summed E-state index contributed by atoms with van der Waals surface area (Å²) in [5.74, 6) is 0.525. The fourth-order valence-electron chi connectivity index (χ4n) is 3.07. The fourth-order valence-corrected chi connectivity index (χ4v) is 3.86. The summed E-state index contributed by atoms with van der Waals surface area (Å²) >= 11 is 1.39. The molecule has 1 amide bonds. The molecule has 0 atom stereocenters. The van der Waals surface area contributed by atoms with Gasteiger partial charge in [0.2, 0.25) is 11.1 Å². The molecule has 0 radical (unpaired) electrons. The number of aromatic nitrogens is 5. The third kappa shape index (κ3) is 3.70. The van der Waals surface area contributed by atoms with Gasteiger partial charge < -0.3 is 4.90 Å². The van der Waals surface area contributed by atoms with Gasteiger partial charge in [-0.25, -0.2) is 0 Å². The van der Waals surface area contributed by atoms with Crippen LogP contribution in [0.25, 0.3) is 16.9 Å². The van der Waals surface area contributed by atoms with Gasteiger partial charge in [0.1, 0.15) is 0 Å². The standard InChI is InChI=1S/C18H20N6OS/c25-17(23-10-3-1-2-4-11-23)13-26-18-21-20-16-8-7-15(22-24(16)18)14-6-5-9-19-12-14/h5-9,12H,1-4,10-11,13H2. The van der Waals surface area contributed by atoms with Crippen LogP contribution in [0.4, 0.5) is 0 Å². The first-order chi connectivity index (χ1) is 12.8. The number of carbonyl (C=O) groups is 1. The SMILES string of the molecule is O=C(CSc1nnc2ccc(-c3cccnc3)nn12)N1CCCCCC1. The lowest BCUT2D eigenvalue weighted by Crippen LogP contribution is -2.33. The van der Waals surface area contributed by atoms with Gasteiger partial charge >= 0.3 is 0 Å². The largest absolute Gasteiger partial charge is 0.342 e. The van der Waals surface area contributed by atoms with E-state index in [0.717, 1.165) is 37.2 Å². The highest BCUT2D eigenvalue weighted by atomic mass is 32.2. The lowest BCUT2D eigenvalue weighted by molar-refractivity contribution is -0.128. The van der Waals surface area contributed by atoms with Crippen molar-refractivity contribution in [2.24, 2.45) is 0 Å². The molecular weight excluding hydrogens is 348 g/mol. The Balaban J connectivity index is 1.50. The van der Waals surface area contributed by atoms with Gasteiger partial charge in [0.15, 0.2) is 5.65 Å². The van der Waals surface area contributed by atoms with Gasteiger partial charge in [0.05, 0.1) is 11.4 Å². The van der Waals surface area contributed by atoms with Crippen LogP contribution in [-0.2, 0) is 4.79 Å². The van der Waals surface area contributed by atoms with Crippen molar-refractivity contribution in [3.8, 4) is 11.3 Å². The van der Waals surface area contributed by atoms with Gasteiger partial charge in [0.25, 0.3) is 0 Å². The van der Waals surface area contributed by atoms with Crippen molar-refractivity contribution in [2.75, 3.05) is 18.8 Å². The second-order valence-electron chi connectivity index (χ2n) is 6.30. The van der Waals surface area contributed by atoms with Gasteiger partial charge in [-0.1, -0.05) is 24.6 Å². The van der Waals surface area contributed by atoms with E-state index in [0.29, 0.717) is 16.6 Å². The molecule has 0 unspecified atom stereocenters. The number of carbonyl (C=O) groups excluding carboxylic acids is 1. The minimum absolute atomic E-state index is 0.164. The summed E-state index contributed by atoms with van der Waals surface area (Å²) in [6, 6.07) is 7.62. The van der Waals surface area contributed by atoms with Crippen LogP contribution in [0.1, 0.15) is 25.7 Å². The van der Waals surface area contributed by atoms with Crippen LogP contribution in [0.2, 0.25) is 0 Å². The number of pyridine rings is 1. The number of amides is 1. The summed E-state index contributed by atoms with van der Waals surface area (Å²) in [4.78, 5) is 18.6. The Morgan fingerprint density at radius 3 is 2.69 bits per heavy atom. The summed E-state index contributed by atoms with van der Waals surface area (Å²) in [7, 11) is 0. The molecule has 4 rings (SSSR count). The van der Waals surface area contributed by atoms with Crippen LogP contribution >= 0.6 is 11.8 Å². The molecule has 0 bridgehead atoms. The molecule has 7 nitrogen and oxygen atoms in total. The smallest absolute Gasteiger partial charge is 0.233 e. The van der Waals surface area contributed by atoms with E-state index in [-0.39, 0.29) is 5.91 Å². The second-order valence-corrected chi connectivity index (χ2v) is 7.24. The molecule has 1 aliphatic heterocycles. The summed E-state index contributed by atoms with van der Waals surface area (Å²) in [6.07, 6.45) is 8.13. The number of hydrogen-bond acceptors (Lipinski definition) is 6. The number of likely N-dealkylation sites (tertiary alicyclic amines) is 1. The minimum Gasteiger partial charge on any atom is -0.342 e. The van der Waals surface area contributed by atoms with Crippen molar-refractivity contribution < 1.29 is 4.79 Å². The molecule has 0 saturated carbocycles. The molecule has 0 N–H and O–H groups in total. The number of fused-ring (bicyclic) bond motifs is 1. The Morgan fingerprint density at radius 1 is 1.08 bits per heavy atom.